The van der Waals surface area contributed by atoms with E-state index in [4.69, 9.17) is 0 Å². The van der Waals surface area contributed by atoms with Crippen molar-refractivity contribution in [1.82, 2.24) is 4.40 Å². The van der Waals surface area contributed by atoms with Crippen molar-refractivity contribution in [2.45, 2.75) is 34.1 Å². The zero-order chi connectivity index (χ0) is 45.2. The molecule has 67 heavy (non-hydrogen) atoms. The second-order valence-corrected chi connectivity index (χ2v) is 18.0. The second kappa shape index (κ2) is 16.3. The molecule has 13 rings (SSSR count). The Morgan fingerprint density at radius 2 is 0.746 bits per heavy atom. The van der Waals surface area contributed by atoms with E-state index in [1.165, 1.54) is 121 Å². The number of aryl methyl sites for hydroxylation is 2. The molecule has 2 nitrogen and oxygen atoms in total. The van der Waals surface area contributed by atoms with Gasteiger partial charge in [0.1, 0.15) is 0 Å². The van der Waals surface area contributed by atoms with Gasteiger partial charge >= 0.3 is 0 Å². The van der Waals surface area contributed by atoms with Crippen molar-refractivity contribution < 1.29 is 0 Å². The Morgan fingerprint density at radius 1 is 0.328 bits per heavy atom. The maximum Gasteiger partial charge on any atom is 0.0620 e. The van der Waals surface area contributed by atoms with E-state index in [1.807, 2.05) is 0 Å². The summed E-state index contributed by atoms with van der Waals surface area (Å²) in [5, 5.41) is 12.8. The summed E-state index contributed by atoms with van der Waals surface area (Å²) in [6.45, 7) is 8.68. The SMILES string of the molecule is CCC.Cc1ccccc1-c1c(C)cccc1-c1ccc(N(c2ccc(-c3cccc4c5cccc6c7ccccc7n(c34)c65)cc2)c2ccc3c4ccccc4c4ccccc4c3c2)cc1. The summed E-state index contributed by atoms with van der Waals surface area (Å²) in [4.78, 5) is 2.42. The van der Waals surface area contributed by atoms with Crippen molar-refractivity contribution >= 4 is 87.5 Å². The fourth-order valence-corrected chi connectivity index (χ4v) is 10.9. The van der Waals surface area contributed by atoms with Crippen LogP contribution in [0.2, 0.25) is 0 Å². The molecular formula is C65H50N2. The van der Waals surface area contributed by atoms with Gasteiger partial charge in [0.15, 0.2) is 0 Å². The molecule has 0 amide bonds. The first-order valence-electron chi connectivity index (χ1n) is 23.7. The van der Waals surface area contributed by atoms with Gasteiger partial charge in [-0.25, -0.2) is 0 Å². The maximum absolute atomic E-state index is 2.49. The van der Waals surface area contributed by atoms with Crippen molar-refractivity contribution in [1.29, 1.82) is 0 Å². The Bertz CT molecular complexity index is 3950. The van der Waals surface area contributed by atoms with E-state index in [9.17, 15) is 0 Å². The molecule has 2 heterocycles. The highest BCUT2D eigenvalue weighted by molar-refractivity contribution is 6.26. The summed E-state index contributed by atoms with van der Waals surface area (Å²) < 4.78 is 2.49. The largest absolute Gasteiger partial charge is 0.310 e. The molecule has 0 bridgehead atoms. The topological polar surface area (TPSA) is 7.65 Å². The molecule has 0 unspecified atom stereocenters. The van der Waals surface area contributed by atoms with Crippen LogP contribution in [-0.4, -0.2) is 4.40 Å². The van der Waals surface area contributed by atoms with E-state index >= 15 is 0 Å². The number of para-hydroxylation sites is 3. The third-order valence-electron chi connectivity index (χ3n) is 13.8. The van der Waals surface area contributed by atoms with E-state index < -0.39 is 0 Å². The van der Waals surface area contributed by atoms with Crippen LogP contribution in [0.15, 0.2) is 218 Å². The molecule has 320 valence electrons. The fraction of sp³-hybridized carbons (Fsp3) is 0.0769. The number of hydrogen-bond acceptors (Lipinski definition) is 1. The van der Waals surface area contributed by atoms with Crippen LogP contribution in [0.25, 0.3) is 104 Å². The third kappa shape index (κ3) is 6.47. The highest BCUT2D eigenvalue weighted by Crippen LogP contribution is 2.45. The Balaban J connectivity index is 0.00000152. The lowest BCUT2D eigenvalue weighted by atomic mass is 9.89. The van der Waals surface area contributed by atoms with E-state index in [-0.39, 0.29) is 0 Å². The van der Waals surface area contributed by atoms with Crippen LogP contribution in [0, 0.1) is 13.8 Å². The molecule has 0 atom stereocenters. The van der Waals surface area contributed by atoms with E-state index in [0.717, 1.165) is 17.1 Å². The molecule has 0 N–H and O–H groups in total. The quantitative estimate of drug-likeness (QED) is 0.151. The van der Waals surface area contributed by atoms with Gasteiger partial charge in [0.05, 0.1) is 16.6 Å². The van der Waals surface area contributed by atoms with Crippen molar-refractivity contribution in [2.24, 2.45) is 0 Å². The lowest BCUT2D eigenvalue weighted by Gasteiger charge is -2.27. The van der Waals surface area contributed by atoms with Crippen LogP contribution in [0.3, 0.4) is 0 Å². The van der Waals surface area contributed by atoms with Gasteiger partial charge in [-0.05, 0) is 128 Å². The second-order valence-electron chi connectivity index (χ2n) is 18.0. The van der Waals surface area contributed by atoms with Gasteiger partial charge in [-0.1, -0.05) is 196 Å². The lowest BCUT2D eigenvalue weighted by Crippen LogP contribution is -2.10. The van der Waals surface area contributed by atoms with Crippen molar-refractivity contribution in [3.63, 3.8) is 0 Å². The van der Waals surface area contributed by atoms with Gasteiger partial charge in [-0.2, -0.15) is 0 Å². The molecule has 0 aliphatic heterocycles. The number of rotatable bonds is 6. The first kappa shape index (κ1) is 40.3. The van der Waals surface area contributed by atoms with Crippen LogP contribution < -0.4 is 4.90 Å². The van der Waals surface area contributed by atoms with Crippen LogP contribution >= 0.6 is 0 Å². The number of aromatic nitrogens is 1. The minimum atomic E-state index is 1.10. The Kier molecular flexibility index (Phi) is 9.84. The molecule has 11 aromatic carbocycles. The predicted octanol–water partition coefficient (Wildman–Crippen LogP) is 18.8. The molecule has 0 aliphatic carbocycles. The molecule has 0 radical (unpaired) electrons. The molecule has 0 spiro atoms. The van der Waals surface area contributed by atoms with Gasteiger partial charge in [-0.3, -0.25) is 0 Å². The monoisotopic (exact) mass is 858 g/mol. The number of hydrogen-bond donors (Lipinski definition) is 0. The zero-order valence-electron chi connectivity index (χ0n) is 38.4. The van der Waals surface area contributed by atoms with Gasteiger partial charge in [0, 0.05) is 44.2 Å². The highest BCUT2D eigenvalue weighted by atomic mass is 15.1. The van der Waals surface area contributed by atoms with Crippen LogP contribution in [0.4, 0.5) is 17.1 Å². The summed E-state index contributed by atoms with van der Waals surface area (Å²) >= 11 is 0. The van der Waals surface area contributed by atoms with Gasteiger partial charge in [0.2, 0.25) is 0 Å². The molecule has 2 aromatic heterocycles. The van der Waals surface area contributed by atoms with Crippen LogP contribution in [-0.2, 0) is 0 Å². The molecule has 0 saturated carbocycles. The Hall–Kier alpha value is -8.20. The van der Waals surface area contributed by atoms with Crippen LogP contribution in [0.5, 0.6) is 0 Å². The predicted molar refractivity (Wildman–Crippen MR) is 290 cm³/mol. The number of nitrogens with zero attached hydrogens (tertiary/aromatic N) is 2. The Morgan fingerprint density at radius 3 is 1.39 bits per heavy atom. The van der Waals surface area contributed by atoms with E-state index in [0.29, 0.717) is 0 Å². The first-order valence-corrected chi connectivity index (χ1v) is 23.7. The normalized spacial score (nSPS) is 11.6. The molecule has 0 aliphatic rings. The average Bonchev–Trinajstić information content (AvgIpc) is 3.90. The molecule has 2 heteroatoms. The summed E-state index contributed by atoms with van der Waals surface area (Å²) in [7, 11) is 0. The van der Waals surface area contributed by atoms with Crippen molar-refractivity contribution in [3.8, 4) is 33.4 Å². The Labute approximate surface area is 391 Å². The van der Waals surface area contributed by atoms with Crippen molar-refractivity contribution in [2.75, 3.05) is 4.90 Å². The summed E-state index contributed by atoms with van der Waals surface area (Å²) in [5.41, 5.74) is 17.1. The zero-order valence-corrected chi connectivity index (χ0v) is 38.4. The van der Waals surface area contributed by atoms with Gasteiger partial charge in [-0.15, -0.1) is 0 Å². The first-order chi connectivity index (χ1) is 33.0. The van der Waals surface area contributed by atoms with Gasteiger partial charge < -0.3 is 9.30 Å². The summed E-state index contributed by atoms with van der Waals surface area (Å²) in [5.74, 6) is 0. The molecule has 0 fully saturated rings. The number of benzene rings is 11. The van der Waals surface area contributed by atoms with E-state index in [2.05, 4.69) is 255 Å². The van der Waals surface area contributed by atoms with Crippen LogP contribution in [0.1, 0.15) is 31.4 Å². The summed E-state index contributed by atoms with van der Waals surface area (Å²) in [6.07, 6.45) is 1.25. The molecule has 0 saturated heterocycles. The summed E-state index contributed by atoms with van der Waals surface area (Å²) in [6, 6.07) is 80.8. The standard InChI is InChI=1S/C62H42N2.C3H8/c1-39-14-3-4-16-46(39)60-40(2)15-11-22-47(60)41-28-32-43(33-29-41)63(45-36-37-53-51-19-6-5-17-49(51)50-18-7-8-20-52(50)58(53)38-45)44-34-30-42(31-35-44)48-23-12-25-56-57-26-13-24-55-54-21-9-10-27-59(54)64(61(48)56)62(55)57;1-3-2/h3-38H,1-2H3;3H2,1-2H3. The van der Waals surface area contributed by atoms with Crippen molar-refractivity contribution in [3.05, 3.63) is 230 Å². The lowest BCUT2D eigenvalue weighted by molar-refractivity contribution is 1.09. The molecular weight excluding hydrogens is 809 g/mol. The minimum Gasteiger partial charge on any atom is -0.310 e. The fourth-order valence-electron chi connectivity index (χ4n) is 10.9. The maximum atomic E-state index is 2.49. The third-order valence-corrected chi connectivity index (χ3v) is 13.8. The number of anilines is 3. The average molecular weight is 859 g/mol. The van der Waals surface area contributed by atoms with Gasteiger partial charge in [0.25, 0.3) is 0 Å². The highest BCUT2D eigenvalue weighted by Gasteiger charge is 2.21. The molecule has 13 aromatic rings. The number of fused-ring (bicyclic) bond motifs is 12. The minimum absolute atomic E-state index is 1.10. The smallest absolute Gasteiger partial charge is 0.0620 e. The van der Waals surface area contributed by atoms with E-state index in [1.54, 1.807) is 0 Å².